The third kappa shape index (κ3) is 5.04. The van der Waals surface area contributed by atoms with Crippen molar-refractivity contribution in [1.82, 2.24) is 5.43 Å². The van der Waals surface area contributed by atoms with Gasteiger partial charge in [0.25, 0.3) is 0 Å². The van der Waals surface area contributed by atoms with Crippen molar-refractivity contribution in [3.63, 3.8) is 0 Å². The van der Waals surface area contributed by atoms with Crippen LogP contribution in [0.5, 0.6) is 0 Å². The molecule has 1 atom stereocenters. The normalized spacial score (nSPS) is 14.3. The zero-order valence-corrected chi connectivity index (χ0v) is 12.9. The molecule has 0 heterocycles. The van der Waals surface area contributed by atoms with Crippen LogP contribution in [0.1, 0.15) is 23.6 Å². The zero-order chi connectivity index (χ0) is 15.6. The van der Waals surface area contributed by atoms with E-state index in [1.165, 1.54) is 12.1 Å². The Morgan fingerprint density at radius 1 is 1.40 bits per heavy atom. The Bertz CT molecular complexity index is 576. The van der Waals surface area contributed by atoms with Crippen LogP contribution in [0.2, 0.25) is 0 Å². The molecule has 20 heavy (non-hydrogen) atoms. The molecule has 9 heteroatoms. The second-order valence-electron chi connectivity index (χ2n) is 4.37. The Kier molecular flexibility index (Phi) is 5.59. The Balaban J connectivity index is 3.15. The van der Waals surface area contributed by atoms with Gasteiger partial charge in [-0.2, -0.15) is 13.2 Å². The van der Waals surface area contributed by atoms with Gasteiger partial charge in [-0.25, -0.2) is 8.42 Å². The molecule has 0 aliphatic carbocycles. The van der Waals surface area contributed by atoms with E-state index >= 15 is 0 Å². The second kappa shape index (κ2) is 6.42. The van der Waals surface area contributed by atoms with E-state index in [1.54, 1.807) is 0 Å². The lowest BCUT2D eigenvalue weighted by atomic mass is 9.98. The Labute approximate surface area is 123 Å². The highest BCUT2D eigenvalue weighted by Crippen LogP contribution is 2.37. The molecule has 0 saturated heterocycles. The summed E-state index contributed by atoms with van der Waals surface area (Å²) in [5.41, 5.74) is 1.32. The van der Waals surface area contributed by atoms with Crippen molar-refractivity contribution >= 4 is 25.8 Å². The third-order valence-electron chi connectivity index (χ3n) is 2.67. The zero-order valence-electron chi connectivity index (χ0n) is 10.5. The summed E-state index contributed by atoms with van der Waals surface area (Å²) in [4.78, 5) is 0. The van der Waals surface area contributed by atoms with E-state index in [-0.39, 0.29) is 22.2 Å². The van der Waals surface area contributed by atoms with Crippen LogP contribution in [0.15, 0.2) is 22.7 Å². The van der Waals surface area contributed by atoms with E-state index in [0.717, 1.165) is 12.3 Å². The molecule has 114 valence electrons. The van der Waals surface area contributed by atoms with E-state index in [2.05, 4.69) is 21.4 Å². The number of rotatable bonds is 5. The summed E-state index contributed by atoms with van der Waals surface area (Å²) in [6, 6.07) is 2.78. The molecule has 1 unspecified atom stereocenters. The number of alkyl halides is 3. The minimum atomic E-state index is -4.54. The van der Waals surface area contributed by atoms with Crippen molar-refractivity contribution in [3.05, 3.63) is 33.8 Å². The van der Waals surface area contributed by atoms with Gasteiger partial charge < -0.3 is 0 Å². The van der Waals surface area contributed by atoms with Gasteiger partial charge in [-0.3, -0.25) is 11.3 Å². The van der Waals surface area contributed by atoms with Crippen molar-refractivity contribution in [2.45, 2.75) is 18.6 Å². The van der Waals surface area contributed by atoms with Crippen LogP contribution in [0.4, 0.5) is 13.2 Å². The average Bonchev–Trinajstić information content (AvgIpc) is 2.28. The van der Waals surface area contributed by atoms with Gasteiger partial charge in [-0.1, -0.05) is 22.0 Å². The van der Waals surface area contributed by atoms with Gasteiger partial charge in [-0.15, -0.1) is 0 Å². The fourth-order valence-corrected chi connectivity index (χ4v) is 2.76. The maximum atomic E-state index is 13.0. The molecule has 0 aliphatic heterocycles. The number of nitrogens with one attached hydrogen (secondary N) is 1. The first-order valence-corrected chi connectivity index (χ1v) is 8.40. The second-order valence-corrected chi connectivity index (χ2v) is 7.54. The number of hydrazine groups is 1. The predicted molar refractivity (Wildman–Crippen MR) is 73.5 cm³/mol. The molecule has 1 aromatic rings. The van der Waals surface area contributed by atoms with Gasteiger partial charge in [0, 0.05) is 16.8 Å². The molecular weight excluding hydrogens is 361 g/mol. The average molecular weight is 375 g/mol. The Hall–Kier alpha value is -0.640. The summed E-state index contributed by atoms with van der Waals surface area (Å²) in [7, 11) is -3.28. The fraction of sp³-hybridized carbons (Fsp3) is 0.455. The monoisotopic (exact) mass is 374 g/mol. The molecule has 0 radical (unpaired) electrons. The van der Waals surface area contributed by atoms with Gasteiger partial charge in [0.1, 0.15) is 9.84 Å². The molecule has 0 bridgehead atoms. The van der Waals surface area contributed by atoms with Crippen molar-refractivity contribution in [1.29, 1.82) is 0 Å². The molecule has 0 aromatic heterocycles. The lowest BCUT2D eigenvalue weighted by Crippen LogP contribution is -2.31. The van der Waals surface area contributed by atoms with Crippen LogP contribution in [-0.2, 0) is 16.0 Å². The van der Waals surface area contributed by atoms with Gasteiger partial charge in [0.2, 0.25) is 0 Å². The van der Waals surface area contributed by atoms with E-state index in [1.807, 2.05) is 0 Å². The van der Waals surface area contributed by atoms with Crippen LogP contribution in [0.3, 0.4) is 0 Å². The molecule has 0 saturated carbocycles. The molecular formula is C11H14BrF3N2O2S. The predicted octanol–water partition coefficient (Wildman–Crippen LogP) is 2.41. The maximum absolute atomic E-state index is 13.0. The lowest BCUT2D eigenvalue weighted by molar-refractivity contribution is -0.138. The van der Waals surface area contributed by atoms with E-state index in [9.17, 15) is 21.6 Å². The molecule has 0 spiro atoms. The molecule has 1 aromatic carbocycles. The van der Waals surface area contributed by atoms with Crippen molar-refractivity contribution in [3.8, 4) is 0 Å². The summed E-state index contributed by atoms with van der Waals surface area (Å²) >= 11 is 2.98. The van der Waals surface area contributed by atoms with Gasteiger partial charge in [-0.05, 0) is 24.1 Å². The Morgan fingerprint density at radius 2 is 2.00 bits per heavy atom. The van der Waals surface area contributed by atoms with Crippen LogP contribution < -0.4 is 11.3 Å². The summed E-state index contributed by atoms with van der Waals surface area (Å²) in [5, 5.41) is 0. The van der Waals surface area contributed by atoms with Gasteiger partial charge >= 0.3 is 6.18 Å². The first-order valence-electron chi connectivity index (χ1n) is 5.55. The van der Waals surface area contributed by atoms with Crippen molar-refractivity contribution in [2.24, 2.45) is 5.84 Å². The SMILES string of the molecule is CS(=O)(=O)CCC(NN)c1ccc(Br)cc1C(F)(F)F. The number of halogens is 4. The maximum Gasteiger partial charge on any atom is 0.416 e. The molecule has 0 amide bonds. The molecule has 0 aliphatic rings. The van der Waals surface area contributed by atoms with Crippen LogP contribution in [0, 0.1) is 0 Å². The smallest absolute Gasteiger partial charge is 0.271 e. The van der Waals surface area contributed by atoms with Gasteiger partial charge in [0.15, 0.2) is 0 Å². The molecule has 1 rings (SSSR count). The van der Waals surface area contributed by atoms with Crippen molar-refractivity contribution in [2.75, 3.05) is 12.0 Å². The molecule has 3 N–H and O–H groups in total. The summed E-state index contributed by atoms with van der Waals surface area (Å²) in [5.74, 6) is 5.01. The minimum absolute atomic E-state index is 0.0416. The quantitative estimate of drug-likeness (QED) is 0.613. The number of nitrogens with two attached hydrogens (primary N) is 1. The van der Waals surface area contributed by atoms with E-state index in [0.29, 0.717) is 0 Å². The molecule has 4 nitrogen and oxygen atoms in total. The van der Waals surface area contributed by atoms with Crippen LogP contribution in [-0.4, -0.2) is 20.4 Å². The topological polar surface area (TPSA) is 72.2 Å². The third-order valence-corrected chi connectivity index (χ3v) is 4.15. The highest BCUT2D eigenvalue weighted by Gasteiger charge is 2.35. The number of sulfone groups is 1. The number of benzene rings is 1. The fourth-order valence-electron chi connectivity index (χ4n) is 1.74. The number of hydrogen-bond acceptors (Lipinski definition) is 4. The standard InChI is InChI=1S/C11H14BrF3N2O2S/c1-20(18,19)5-4-10(17-16)8-3-2-7(12)6-9(8)11(13,14)15/h2-3,6,10,17H,4-5,16H2,1H3. The van der Waals surface area contributed by atoms with Crippen molar-refractivity contribution < 1.29 is 21.6 Å². The van der Waals surface area contributed by atoms with Crippen LogP contribution in [0.25, 0.3) is 0 Å². The highest BCUT2D eigenvalue weighted by molar-refractivity contribution is 9.10. The summed E-state index contributed by atoms with van der Waals surface area (Å²) in [6.07, 6.45) is -3.56. The first kappa shape index (κ1) is 17.4. The summed E-state index contributed by atoms with van der Waals surface area (Å²) < 4.78 is 61.5. The van der Waals surface area contributed by atoms with Gasteiger partial charge in [0.05, 0.1) is 11.3 Å². The largest absolute Gasteiger partial charge is 0.416 e. The first-order chi connectivity index (χ1) is 9.04. The Morgan fingerprint density at radius 3 is 2.45 bits per heavy atom. The van der Waals surface area contributed by atoms with Crippen LogP contribution >= 0.6 is 15.9 Å². The molecule has 0 fully saturated rings. The summed E-state index contributed by atoms with van der Waals surface area (Å²) in [6.45, 7) is 0. The highest BCUT2D eigenvalue weighted by atomic mass is 79.9. The van der Waals surface area contributed by atoms with E-state index in [4.69, 9.17) is 5.84 Å². The van der Waals surface area contributed by atoms with E-state index < -0.39 is 27.6 Å². The number of hydrogen-bond donors (Lipinski definition) is 2. The minimum Gasteiger partial charge on any atom is -0.271 e. The lowest BCUT2D eigenvalue weighted by Gasteiger charge is -2.21.